The predicted molar refractivity (Wildman–Crippen MR) is 73.9 cm³/mol. The Morgan fingerprint density at radius 2 is 2.15 bits per heavy atom. The minimum absolute atomic E-state index is 0.148. The van der Waals surface area contributed by atoms with Crippen LogP contribution in [0.1, 0.15) is 24.0 Å². The molecule has 0 radical (unpaired) electrons. The summed E-state index contributed by atoms with van der Waals surface area (Å²) in [6, 6.07) is 4.94. The molecular weight excluding hydrogens is 258 g/mol. The van der Waals surface area contributed by atoms with E-state index >= 15 is 0 Å². The van der Waals surface area contributed by atoms with E-state index in [4.69, 9.17) is 0 Å². The largest absolute Gasteiger partial charge is 0.507 e. The predicted octanol–water partition coefficient (Wildman–Crippen LogP) is 1.05. The molecule has 0 spiro atoms. The number of rotatable bonds is 3. The molecule has 1 aliphatic rings. The Bertz CT molecular complexity index is 729. The Kier molecular flexibility index (Phi) is 3.04. The number of benzene rings is 1. The fourth-order valence-electron chi connectivity index (χ4n) is 2.63. The van der Waals surface area contributed by atoms with Crippen molar-refractivity contribution in [3.8, 4) is 6.07 Å². The van der Waals surface area contributed by atoms with Gasteiger partial charge in [-0.1, -0.05) is 0 Å². The summed E-state index contributed by atoms with van der Waals surface area (Å²) in [5.74, 6) is 0.108. The maximum atomic E-state index is 13.7. The van der Waals surface area contributed by atoms with E-state index in [-0.39, 0.29) is 11.2 Å². The van der Waals surface area contributed by atoms with Gasteiger partial charge < -0.3 is 14.6 Å². The highest BCUT2D eigenvalue weighted by Crippen LogP contribution is 2.33. The van der Waals surface area contributed by atoms with Crippen LogP contribution < -0.4 is 5.59 Å². The van der Waals surface area contributed by atoms with E-state index in [9.17, 15) is 19.7 Å². The van der Waals surface area contributed by atoms with Gasteiger partial charge in [0, 0.05) is 17.4 Å². The molecule has 1 heterocycles. The topological polar surface area (TPSA) is 69.2 Å². The first kappa shape index (κ1) is 13.2. The second-order valence-corrected chi connectivity index (χ2v) is 5.42. The molecule has 0 saturated heterocycles. The van der Waals surface area contributed by atoms with Crippen molar-refractivity contribution in [2.24, 2.45) is 5.92 Å². The summed E-state index contributed by atoms with van der Waals surface area (Å²) >= 11 is 0. The van der Waals surface area contributed by atoms with E-state index in [1.807, 2.05) is 6.07 Å². The fraction of sp³-hybridized carbons (Fsp3) is 0.357. The van der Waals surface area contributed by atoms with Crippen LogP contribution in [-0.4, -0.2) is 21.7 Å². The lowest BCUT2D eigenvalue weighted by Crippen LogP contribution is -2.38. The quantitative estimate of drug-likeness (QED) is 0.820. The molecule has 0 bridgehead atoms. The lowest BCUT2D eigenvalue weighted by molar-refractivity contribution is 0.421. The van der Waals surface area contributed by atoms with Gasteiger partial charge in [-0.25, -0.2) is 4.39 Å². The number of hydrogen-bond donors (Lipinski definition) is 2. The average Bonchev–Trinajstić information content (AvgIpc) is 3.15. The number of nitriles is 1. The first-order chi connectivity index (χ1) is 9.52. The second kappa shape index (κ2) is 4.62. The number of hydrogen-bond acceptors (Lipinski definition) is 3. The molecule has 3 rings (SSSR count). The molecule has 2 aromatic rings. The van der Waals surface area contributed by atoms with E-state index in [0.29, 0.717) is 28.9 Å². The maximum Gasteiger partial charge on any atom is 0.507 e. The monoisotopic (exact) mass is 272 g/mol. The van der Waals surface area contributed by atoms with Crippen molar-refractivity contribution in [2.45, 2.75) is 26.3 Å². The standard InChI is InChI=1S/C14H14BFN2O2/c1-8-4-13-10(5-12(8)16)11(6-17)14(15(19)20)18(13)7-9-2-3-9/h4-5,9,19-20H,2-3,7H2,1H3. The summed E-state index contributed by atoms with van der Waals surface area (Å²) in [7, 11) is -1.74. The van der Waals surface area contributed by atoms with E-state index in [0.717, 1.165) is 12.8 Å². The van der Waals surface area contributed by atoms with Crippen molar-refractivity contribution in [3.05, 3.63) is 29.1 Å². The van der Waals surface area contributed by atoms with Crippen molar-refractivity contribution < 1.29 is 14.4 Å². The Morgan fingerprint density at radius 3 is 2.70 bits per heavy atom. The molecule has 6 heteroatoms. The highest BCUT2D eigenvalue weighted by molar-refractivity contribution is 6.59. The van der Waals surface area contributed by atoms with Crippen LogP contribution >= 0.6 is 0 Å². The third-order valence-electron chi connectivity index (χ3n) is 3.88. The molecule has 0 aliphatic heterocycles. The zero-order chi connectivity index (χ0) is 14.4. The average molecular weight is 272 g/mol. The first-order valence-electron chi connectivity index (χ1n) is 6.61. The van der Waals surface area contributed by atoms with Crippen LogP contribution in [0, 0.1) is 30.0 Å². The minimum Gasteiger partial charge on any atom is -0.422 e. The molecule has 4 nitrogen and oxygen atoms in total. The van der Waals surface area contributed by atoms with Gasteiger partial charge in [0.25, 0.3) is 0 Å². The molecule has 0 atom stereocenters. The summed E-state index contributed by atoms with van der Waals surface area (Å²) in [5, 5.41) is 28.9. The van der Waals surface area contributed by atoms with Crippen LogP contribution in [0.3, 0.4) is 0 Å². The van der Waals surface area contributed by atoms with Crippen LogP contribution in [0.4, 0.5) is 4.39 Å². The number of nitrogens with zero attached hydrogens (tertiary/aromatic N) is 2. The number of aryl methyl sites for hydroxylation is 1. The molecule has 1 aromatic carbocycles. The van der Waals surface area contributed by atoms with Gasteiger partial charge in [0.1, 0.15) is 11.9 Å². The third kappa shape index (κ3) is 2.00. The number of fused-ring (bicyclic) bond motifs is 1. The molecule has 1 aromatic heterocycles. The number of aromatic nitrogens is 1. The van der Waals surface area contributed by atoms with Crippen LogP contribution in [0.2, 0.25) is 0 Å². The summed E-state index contributed by atoms with van der Waals surface area (Å²) < 4.78 is 15.5. The Labute approximate surface area is 116 Å². The summed E-state index contributed by atoms with van der Waals surface area (Å²) in [5.41, 5.74) is 1.49. The molecule has 1 aliphatic carbocycles. The lowest BCUT2D eigenvalue weighted by Gasteiger charge is -2.10. The molecule has 1 saturated carbocycles. The summed E-state index contributed by atoms with van der Waals surface area (Å²) in [4.78, 5) is 0. The Balaban J connectivity index is 2.33. The van der Waals surface area contributed by atoms with Crippen LogP contribution in [0.5, 0.6) is 0 Å². The van der Waals surface area contributed by atoms with Crippen molar-refractivity contribution in [1.82, 2.24) is 4.57 Å². The Hall–Kier alpha value is -1.84. The zero-order valence-electron chi connectivity index (χ0n) is 11.1. The zero-order valence-corrected chi connectivity index (χ0v) is 11.1. The van der Waals surface area contributed by atoms with Gasteiger partial charge in [-0.2, -0.15) is 5.26 Å². The lowest BCUT2D eigenvalue weighted by atomic mass is 9.82. The Morgan fingerprint density at radius 1 is 1.45 bits per heavy atom. The molecular formula is C14H14BFN2O2. The fourth-order valence-corrected chi connectivity index (χ4v) is 2.63. The molecule has 102 valence electrons. The van der Waals surface area contributed by atoms with Gasteiger partial charge in [-0.3, -0.25) is 0 Å². The van der Waals surface area contributed by atoms with Crippen molar-refractivity contribution in [3.63, 3.8) is 0 Å². The van der Waals surface area contributed by atoms with Crippen molar-refractivity contribution in [1.29, 1.82) is 5.26 Å². The molecule has 1 fully saturated rings. The van der Waals surface area contributed by atoms with Crippen LogP contribution in [-0.2, 0) is 6.54 Å². The van der Waals surface area contributed by atoms with Crippen LogP contribution in [0.15, 0.2) is 12.1 Å². The van der Waals surface area contributed by atoms with Gasteiger partial charge in [-0.15, -0.1) is 0 Å². The molecule has 0 unspecified atom stereocenters. The van der Waals surface area contributed by atoms with E-state index in [2.05, 4.69) is 0 Å². The molecule has 0 amide bonds. The van der Waals surface area contributed by atoms with Gasteiger partial charge in [0.2, 0.25) is 0 Å². The van der Waals surface area contributed by atoms with E-state index in [1.165, 1.54) is 6.07 Å². The van der Waals surface area contributed by atoms with Crippen molar-refractivity contribution >= 4 is 23.6 Å². The summed E-state index contributed by atoms with van der Waals surface area (Å²) in [6.45, 7) is 2.29. The van der Waals surface area contributed by atoms with E-state index in [1.54, 1.807) is 17.6 Å². The van der Waals surface area contributed by atoms with Gasteiger partial charge in [0.05, 0.1) is 11.2 Å². The highest BCUT2D eigenvalue weighted by Gasteiger charge is 2.30. The maximum absolute atomic E-state index is 13.7. The second-order valence-electron chi connectivity index (χ2n) is 5.42. The molecule has 2 N–H and O–H groups in total. The highest BCUT2D eigenvalue weighted by atomic mass is 19.1. The first-order valence-corrected chi connectivity index (χ1v) is 6.61. The van der Waals surface area contributed by atoms with Gasteiger partial charge in [0.15, 0.2) is 0 Å². The minimum atomic E-state index is -1.74. The summed E-state index contributed by atoms with van der Waals surface area (Å²) in [6.07, 6.45) is 2.20. The third-order valence-corrected chi connectivity index (χ3v) is 3.88. The van der Waals surface area contributed by atoms with E-state index < -0.39 is 12.9 Å². The van der Waals surface area contributed by atoms with Crippen molar-refractivity contribution in [2.75, 3.05) is 0 Å². The normalized spacial score (nSPS) is 14.6. The molecule has 20 heavy (non-hydrogen) atoms. The smallest absolute Gasteiger partial charge is 0.422 e. The van der Waals surface area contributed by atoms with Gasteiger partial charge >= 0.3 is 7.12 Å². The van der Waals surface area contributed by atoms with Crippen LogP contribution in [0.25, 0.3) is 10.9 Å². The SMILES string of the molecule is Cc1cc2c(cc1F)c(C#N)c(B(O)O)n2CC1CC1. The number of halogens is 1. The van der Waals surface area contributed by atoms with Gasteiger partial charge in [-0.05, 0) is 43.4 Å².